The smallest absolute Gasteiger partial charge is 0.306 e. The molecular formula is C16H31NO2. The third-order valence-corrected chi connectivity index (χ3v) is 4.44. The van der Waals surface area contributed by atoms with Gasteiger partial charge >= 0.3 is 5.97 Å². The molecule has 0 amide bonds. The molecule has 0 heterocycles. The lowest BCUT2D eigenvalue weighted by atomic mass is 9.84. The van der Waals surface area contributed by atoms with Crippen LogP contribution in [0.5, 0.6) is 0 Å². The van der Waals surface area contributed by atoms with Gasteiger partial charge in [0.15, 0.2) is 0 Å². The molecular weight excluding hydrogens is 238 g/mol. The molecule has 112 valence electrons. The highest BCUT2D eigenvalue weighted by Gasteiger charge is 2.25. The SMILES string of the molecule is CCC1CCCC(OC(=O)CCC(C)(C)CCN)C1. The number of rotatable bonds is 7. The van der Waals surface area contributed by atoms with Crippen LogP contribution in [0.1, 0.15) is 72.1 Å². The van der Waals surface area contributed by atoms with Gasteiger partial charge < -0.3 is 10.5 Å². The normalized spacial score (nSPS) is 24.2. The molecule has 0 spiro atoms. The number of carbonyl (C=O) groups is 1. The molecule has 1 aliphatic rings. The minimum atomic E-state index is -0.0214. The van der Waals surface area contributed by atoms with Gasteiger partial charge in [0.05, 0.1) is 0 Å². The van der Waals surface area contributed by atoms with Crippen LogP contribution in [0.4, 0.5) is 0 Å². The number of nitrogens with two attached hydrogens (primary N) is 1. The van der Waals surface area contributed by atoms with Crippen molar-refractivity contribution >= 4 is 5.97 Å². The zero-order chi connectivity index (χ0) is 14.3. The number of ether oxygens (including phenoxy) is 1. The van der Waals surface area contributed by atoms with Crippen molar-refractivity contribution in [3.8, 4) is 0 Å². The molecule has 0 aliphatic heterocycles. The van der Waals surface area contributed by atoms with E-state index in [1.807, 2.05) is 0 Å². The van der Waals surface area contributed by atoms with Crippen LogP contribution in [-0.4, -0.2) is 18.6 Å². The van der Waals surface area contributed by atoms with Gasteiger partial charge in [-0.25, -0.2) is 0 Å². The summed E-state index contributed by atoms with van der Waals surface area (Å²) >= 11 is 0. The molecule has 1 fully saturated rings. The van der Waals surface area contributed by atoms with Gasteiger partial charge in [0.25, 0.3) is 0 Å². The van der Waals surface area contributed by atoms with Crippen LogP contribution in [0.3, 0.4) is 0 Å². The molecule has 0 saturated heterocycles. The quantitative estimate of drug-likeness (QED) is 0.718. The van der Waals surface area contributed by atoms with Crippen molar-refractivity contribution in [2.45, 2.75) is 78.2 Å². The lowest BCUT2D eigenvalue weighted by molar-refractivity contribution is -0.152. The Morgan fingerprint density at radius 2 is 2.05 bits per heavy atom. The summed E-state index contributed by atoms with van der Waals surface area (Å²) in [5.41, 5.74) is 5.73. The van der Waals surface area contributed by atoms with E-state index in [9.17, 15) is 4.79 Å². The molecule has 0 aromatic carbocycles. The first-order chi connectivity index (χ1) is 8.96. The summed E-state index contributed by atoms with van der Waals surface area (Å²) in [5.74, 6) is 0.729. The van der Waals surface area contributed by atoms with Crippen molar-refractivity contribution < 1.29 is 9.53 Å². The van der Waals surface area contributed by atoms with Crippen LogP contribution in [-0.2, 0) is 9.53 Å². The number of esters is 1. The first-order valence-electron chi connectivity index (χ1n) is 7.86. The maximum atomic E-state index is 11.9. The van der Waals surface area contributed by atoms with Crippen LogP contribution in [0.25, 0.3) is 0 Å². The number of hydrogen-bond donors (Lipinski definition) is 1. The fraction of sp³-hybridized carbons (Fsp3) is 0.938. The van der Waals surface area contributed by atoms with Crippen molar-refractivity contribution in [3.63, 3.8) is 0 Å². The van der Waals surface area contributed by atoms with Crippen LogP contribution in [0.15, 0.2) is 0 Å². The van der Waals surface area contributed by atoms with E-state index in [2.05, 4.69) is 20.8 Å². The van der Waals surface area contributed by atoms with Gasteiger partial charge in [-0.3, -0.25) is 4.79 Å². The van der Waals surface area contributed by atoms with E-state index in [1.165, 1.54) is 19.3 Å². The zero-order valence-corrected chi connectivity index (χ0v) is 12.9. The van der Waals surface area contributed by atoms with Crippen LogP contribution >= 0.6 is 0 Å². The van der Waals surface area contributed by atoms with Crippen LogP contribution < -0.4 is 5.73 Å². The first-order valence-corrected chi connectivity index (χ1v) is 7.86. The summed E-state index contributed by atoms with van der Waals surface area (Å²) in [5, 5.41) is 0. The Labute approximate surface area is 118 Å². The number of hydrogen-bond acceptors (Lipinski definition) is 3. The highest BCUT2D eigenvalue weighted by Crippen LogP contribution is 2.30. The van der Waals surface area contributed by atoms with Gasteiger partial charge in [0.2, 0.25) is 0 Å². The Hall–Kier alpha value is -0.570. The third-order valence-electron chi connectivity index (χ3n) is 4.44. The molecule has 1 rings (SSSR count). The Morgan fingerprint density at radius 1 is 1.32 bits per heavy atom. The maximum absolute atomic E-state index is 11.9. The molecule has 2 N–H and O–H groups in total. The standard InChI is InChI=1S/C16H31NO2/c1-4-13-6-5-7-14(12-13)19-15(18)8-9-16(2,3)10-11-17/h13-14H,4-12,17H2,1-3H3. The second-order valence-corrected chi connectivity index (χ2v) is 6.76. The molecule has 19 heavy (non-hydrogen) atoms. The summed E-state index contributed by atoms with van der Waals surface area (Å²) in [6.45, 7) is 7.24. The molecule has 0 radical (unpaired) electrons. The summed E-state index contributed by atoms with van der Waals surface area (Å²) in [6, 6.07) is 0. The van der Waals surface area contributed by atoms with Gasteiger partial charge in [0, 0.05) is 6.42 Å². The molecule has 3 heteroatoms. The second kappa shape index (κ2) is 7.88. The molecule has 0 aromatic rings. The Kier molecular flexibility index (Phi) is 6.84. The average Bonchev–Trinajstić information content (AvgIpc) is 2.37. The minimum Gasteiger partial charge on any atom is -0.462 e. The first kappa shape index (κ1) is 16.5. The van der Waals surface area contributed by atoms with Crippen molar-refractivity contribution in [1.82, 2.24) is 0 Å². The van der Waals surface area contributed by atoms with E-state index >= 15 is 0 Å². The highest BCUT2D eigenvalue weighted by molar-refractivity contribution is 5.69. The minimum absolute atomic E-state index is 0.0214. The van der Waals surface area contributed by atoms with E-state index in [1.54, 1.807) is 0 Å². The molecule has 1 aliphatic carbocycles. The van der Waals surface area contributed by atoms with Gasteiger partial charge in [0.1, 0.15) is 6.10 Å². The fourth-order valence-electron chi connectivity index (χ4n) is 2.92. The molecule has 2 atom stereocenters. The summed E-state index contributed by atoms with van der Waals surface area (Å²) in [4.78, 5) is 11.9. The lowest BCUT2D eigenvalue weighted by Crippen LogP contribution is -2.26. The van der Waals surface area contributed by atoms with E-state index in [4.69, 9.17) is 10.5 Å². The summed E-state index contributed by atoms with van der Waals surface area (Å²) in [7, 11) is 0. The van der Waals surface area contributed by atoms with Gasteiger partial charge in [-0.15, -0.1) is 0 Å². The van der Waals surface area contributed by atoms with Crippen LogP contribution in [0, 0.1) is 11.3 Å². The topological polar surface area (TPSA) is 52.3 Å². The van der Waals surface area contributed by atoms with E-state index < -0.39 is 0 Å². The Morgan fingerprint density at radius 3 is 2.68 bits per heavy atom. The molecule has 2 unspecified atom stereocenters. The monoisotopic (exact) mass is 269 g/mol. The molecule has 0 aromatic heterocycles. The Bertz CT molecular complexity index is 276. The van der Waals surface area contributed by atoms with Crippen molar-refractivity contribution in [3.05, 3.63) is 0 Å². The fourth-order valence-corrected chi connectivity index (χ4v) is 2.92. The van der Waals surface area contributed by atoms with Crippen molar-refractivity contribution in [2.75, 3.05) is 6.54 Å². The number of carbonyl (C=O) groups excluding carboxylic acids is 1. The van der Waals surface area contributed by atoms with Crippen molar-refractivity contribution in [1.29, 1.82) is 0 Å². The lowest BCUT2D eigenvalue weighted by Gasteiger charge is -2.29. The van der Waals surface area contributed by atoms with Gasteiger partial charge in [-0.05, 0) is 50.0 Å². The summed E-state index contributed by atoms with van der Waals surface area (Å²) < 4.78 is 5.63. The van der Waals surface area contributed by atoms with E-state index in [-0.39, 0.29) is 17.5 Å². The van der Waals surface area contributed by atoms with Crippen molar-refractivity contribution in [2.24, 2.45) is 17.1 Å². The predicted molar refractivity (Wildman–Crippen MR) is 78.8 cm³/mol. The zero-order valence-electron chi connectivity index (χ0n) is 12.9. The Balaban J connectivity index is 2.27. The van der Waals surface area contributed by atoms with E-state index in [0.29, 0.717) is 13.0 Å². The van der Waals surface area contributed by atoms with Crippen LogP contribution in [0.2, 0.25) is 0 Å². The third kappa shape index (κ3) is 6.42. The van der Waals surface area contributed by atoms with Gasteiger partial charge in [-0.1, -0.05) is 33.6 Å². The maximum Gasteiger partial charge on any atom is 0.306 e. The second-order valence-electron chi connectivity index (χ2n) is 6.76. The molecule has 0 bridgehead atoms. The van der Waals surface area contributed by atoms with E-state index in [0.717, 1.165) is 31.6 Å². The average molecular weight is 269 g/mol. The van der Waals surface area contributed by atoms with Gasteiger partial charge in [-0.2, -0.15) is 0 Å². The highest BCUT2D eigenvalue weighted by atomic mass is 16.5. The largest absolute Gasteiger partial charge is 0.462 e. The molecule has 3 nitrogen and oxygen atoms in total. The molecule has 1 saturated carbocycles. The predicted octanol–water partition coefficient (Wildman–Crippen LogP) is 3.65. The summed E-state index contributed by atoms with van der Waals surface area (Å²) in [6.07, 6.45) is 8.35.